The molecule has 0 aromatic carbocycles. The molecule has 0 rings (SSSR count). The molecule has 0 aromatic rings. The van der Waals surface area contributed by atoms with Gasteiger partial charge in [0, 0.05) is 12.8 Å². The largest absolute Gasteiger partial charge is 0.466 e. The predicted octanol–water partition coefficient (Wildman–Crippen LogP) is 21.8. The van der Waals surface area contributed by atoms with Crippen molar-refractivity contribution in [2.24, 2.45) is 0 Å². The van der Waals surface area contributed by atoms with Crippen molar-refractivity contribution in [1.82, 2.24) is 5.32 Å². The first-order valence-electron chi connectivity index (χ1n) is 34.1. The van der Waals surface area contributed by atoms with Crippen molar-refractivity contribution in [3.8, 4) is 0 Å². The number of esters is 1. The third-order valence-corrected chi connectivity index (χ3v) is 16.0. The molecule has 0 spiro atoms. The van der Waals surface area contributed by atoms with Crippen LogP contribution in [0.4, 0.5) is 0 Å². The summed E-state index contributed by atoms with van der Waals surface area (Å²) >= 11 is 0. The fraction of sp³-hybridized carbons (Fsp3) is 0.913. The number of allylic oxidation sites excluding steroid dienone is 3. The Kier molecular flexibility index (Phi) is 63.4. The first-order valence-corrected chi connectivity index (χ1v) is 34.1. The maximum absolute atomic E-state index is 12.5. The molecule has 2 unspecified atom stereocenters. The number of ether oxygens (including phenoxy) is 1. The lowest BCUT2D eigenvalue weighted by Crippen LogP contribution is -2.45. The number of aliphatic hydroxyl groups is 2. The van der Waals surface area contributed by atoms with Gasteiger partial charge in [-0.15, -0.1) is 0 Å². The molecule has 0 aliphatic rings. The minimum atomic E-state index is -0.845. The first-order chi connectivity index (χ1) is 37.0. The van der Waals surface area contributed by atoms with Crippen LogP contribution in [0.2, 0.25) is 0 Å². The highest BCUT2D eigenvalue weighted by Crippen LogP contribution is 2.18. The number of amides is 1. The number of hydrogen-bond donors (Lipinski definition) is 3. The van der Waals surface area contributed by atoms with E-state index in [1.165, 1.54) is 308 Å². The number of unbranched alkanes of at least 4 members (excludes halogenated alkanes) is 51. The molecule has 0 heterocycles. The number of carbonyl (C=O) groups is 2. The van der Waals surface area contributed by atoms with Crippen LogP contribution in [-0.2, 0) is 14.3 Å². The number of nitrogens with one attached hydrogen (secondary N) is 1. The van der Waals surface area contributed by atoms with Crippen LogP contribution in [-0.4, -0.2) is 47.4 Å². The van der Waals surface area contributed by atoms with Crippen LogP contribution in [0.25, 0.3) is 0 Å². The highest BCUT2D eigenvalue weighted by Gasteiger charge is 2.18. The molecular weight excluding hydrogens is 923 g/mol. The van der Waals surface area contributed by atoms with Gasteiger partial charge in [-0.1, -0.05) is 334 Å². The van der Waals surface area contributed by atoms with Gasteiger partial charge in [0.2, 0.25) is 5.91 Å². The van der Waals surface area contributed by atoms with Gasteiger partial charge in [-0.05, 0) is 57.8 Å². The second-order valence-corrected chi connectivity index (χ2v) is 23.5. The van der Waals surface area contributed by atoms with E-state index in [1.807, 2.05) is 6.08 Å². The van der Waals surface area contributed by atoms with Gasteiger partial charge in [-0.2, -0.15) is 0 Å². The molecule has 2 atom stereocenters. The number of rotatable bonds is 64. The summed E-state index contributed by atoms with van der Waals surface area (Å²) in [7, 11) is 0. The van der Waals surface area contributed by atoms with Gasteiger partial charge in [0.05, 0.1) is 25.4 Å². The Balaban J connectivity index is 3.40. The van der Waals surface area contributed by atoms with E-state index in [0.29, 0.717) is 19.4 Å². The summed E-state index contributed by atoms with van der Waals surface area (Å²) in [6.45, 7) is 4.93. The summed E-state index contributed by atoms with van der Waals surface area (Å²) in [6.07, 6.45) is 81.0. The molecule has 0 aromatic heterocycles. The van der Waals surface area contributed by atoms with E-state index in [9.17, 15) is 19.8 Å². The maximum atomic E-state index is 12.5. The fourth-order valence-corrected chi connectivity index (χ4v) is 10.7. The summed E-state index contributed by atoms with van der Waals surface area (Å²) in [5.41, 5.74) is 0. The van der Waals surface area contributed by atoms with Gasteiger partial charge in [0.1, 0.15) is 0 Å². The minimum Gasteiger partial charge on any atom is -0.466 e. The molecule has 6 heteroatoms. The number of aliphatic hydroxyl groups excluding tert-OH is 2. The third-order valence-electron chi connectivity index (χ3n) is 16.0. The van der Waals surface area contributed by atoms with Crippen LogP contribution in [0.3, 0.4) is 0 Å². The lowest BCUT2D eigenvalue weighted by molar-refractivity contribution is -0.143. The predicted molar refractivity (Wildman–Crippen MR) is 329 cm³/mol. The van der Waals surface area contributed by atoms with Crippen molar-refractivity contribution in [3.05, 3.63) is 24.3 Å². The fourth-order valence-electron chi connectivity index (χ4n) is 10.7. The second kappa shape index (κ2) is 64.9. The summed E-state index contributed by atoms with van der Waals surface area (Å²) in [5, 5.41) is 23.2. The van der Waals surface area contributed by atoms with Crippen LogP contribution in [0.1, 0.15) is 380 Å². The Bertz CT molecular complexity index is 1170. The molecule has 0 bridgehead atoms. The quantitative estimate of drug-likeness (QED) is 0.0320. The highest BCUT2D eigenvalue weighted by atomic mass is 16.5. The van der Waals surface area contributed by atoms with Crippen molar-refractivity contribution < 1.29 is 24.5 Å². The molecular formula is C69H133NO5. The normalized spacial score (nSPS) is 12.6. The van der Waals surface area contributed by atoms with Crippen molar-refractivity contribution in [1.29, 1.82) is 0 Å². The van der Waals surface area contributed by atoms with E-state index < -0.39 is 12.1 Å². The van der Waals surface area contributed by atoms with Crippen LogP contribution < -0.4 is 5.32 Å². The van der Waals surface area contributed by atoms with Crippen LogP contribution in [0, 0.1) is 0 Å². The Morgan fingerprint density at radius 1 is 0.360 bits per heavy atom. The Morgan fingerprint density at radius 3 is 0.947 bits per heavy atom. The van der Waals surface area contributed by atoms with Crippen molar-refractivity contribution in [2.45, 2.75) is 392 Å². The molecule has 1 amide bonds. The zero-order chi connectivity index (χ0) is 54.3. The average molecular weight is 1060 g/mol. The topological polar surface area (TPSA) is 95.9 Å². The molecule has 0 aliphatic heterocycles. The molecule has 0 aliphatic carbocycles. The lowest BCUT2D eigenvalue weighted by Gasteiger charge is -2.20. The Hall–Kier alpha value is -1.66. The molecule has 444 valence electrons. The van der Waals surface area contributed by atoms with E-state index in [2.05, 4.69) is 31.3 Å². The first kappa shape index (κ1) is 73.3. The van der Waals surface area contributed by atoms with Crippen LogP contribution in [0.15, 0.2) is 24.3 Å². The summed E-state index contributed by atoms with van der Waals surface area (Å²) in [6, 6.07) is -0.628. The minimum absolute atomic E-state index is 0.00667. The van der Waals surface area contributed by atoms with E-state index in [1.54, 1.807) is 6.08 Å². The number of carbonyl (C=O) groups excluding carboxylic acids is 2. The van der Waals surface area contributed by atoms with Gasteiger partial charge in [-0.25, -0.2) is 0 Å². The van der Waals surface area contributed by atoms with E-state index in [0.717, 1.165) is 44.9 Å². The highest BCUT2D eigenvalue weighted by molar-refractivity contribution is 5.76. The Morgan fingerprint density at radius 2 is 0.627 bits per heavy atom. The summed E-state index contributed by atoms with van der Waals surface area (Å²) in [5.74, 6) is -0.0572. The van der Waals surface area contributed by atoms with E-state index >= 15 is 0 Å². The zero-order valence-corrected chi connectivity index (χ0v) is 50.8. The Labute approximate surface area is 469 Å². The van der Waals surface area contributed by atoms with E-state index in [-0.39, 0.29) is 18.5 Å². The molecule has 75 heavy (non-hydrogen) atoms. The monoisotopic (exact) mass is 1060 g/mol. The summed E-state index contributed by atoms with van der Waals surface area (Å²) < 4.78 is 5.49. The van der Waals surface area contributed by atoms with Gasteiger partial charge in [0.25, 0.3) is 0 Å². The van der Waals surface area contributed by atoms with Gasteiger partial charge < -0.3 is 20.3 Å². The maximum Gasteiger partial charge on any atom is 0.305 e. The molecule has 0 radical (unpaired) electrons. The van der Waals surface area contributed by atoms with Crippen molar-refractivity contribution in [2.75, 3.05) is 13.2 Å². The van der Waals surface area contributed by atoms with E-state index in [4.69, 9.17) is 4.74 Å². The molecule has 0 saturated carbocycles. The summed E-state index contributed by atoms with van der Waals surface area (Å²) in [4.78, 5) is 24.6. The van der Waals surface area contributed by atoms with Gasteiger partial charge in [-0.3, -0.25) is 9.59 Å². The average Bonchev–Trinajstić information content (AvgIpc) is 3.41. The van der Waals surface area contributed by atoms with Gasteiger partial charge >= 0.3 is 5.97 Å². The van der Waals surface area contributed by atoms with Crippen molar-refractivity contribution >= 4 is 11.9 Å². The number of hydrogen-bond acceptors (Lipinski definition) is 5. The standard InChI is InChI=1S/C69H133NO5/c1-3-5-7-9-11-13-15-17-19-20-21-27-30-34-37-41-45-49-53-57-61-67(72)66(65-71)70-68(73)62-58-54-50-46-42-38-35-31-28-25-23-22-24-26-29-32-36-40-44-48-52-56-60-64-75-69(74)63-59-55-51-47-43-39-33-18-16-14-12-10-8-6-4-2/h18,33,57,61,66-67,71-72H,3-17,19-32,34-56,58-60,62-65H2,1-2H3,(H,70,73)/b33-18-,61-57+. The van der Waals surface area contributed by atoms with Crippen molar-refractivity contribution in [3.63, 3.8) is 0 Å². The molecule has 0 fully saturated rings. The van der Waals surface area contributed by atoms with Crippen LogP contribution >= 0.6 is 0 Å². The molecule has 0 saturated heterocycles. The SMILES string of the molecule is CCCCCCCC/C=C\CCCCCCCC(=O)OCCCCCCCCCCCCCCCCCCCCCCCCCC(=O)NC(CO)C(O)/C=C/CCCCCCCCCCCCCCCCCCCC. The lowest BCUT2D eigenvalue weighted by atomic mass is 10.0. The third kappa shape index (κ3) is 61.4. The smallest absolute Gasteiger partial charge is 0.305 e. The van der Waals surface area contributed by atoms with Gasteiger partial charge in [0.15, 0.2) is 0 Å². The molecule has 6 nitrogen and oxygen atoms in total. The van der Waals surface area contributed by atoms with Crippen LogP contribution in [0.5, 0.6) is 0 Å². The zero-order valence-electron chi connectivity index (χ0n) is 50.8. The molecule has 3 N–H and O–H groups in total. The second-order valence-electron chi connectivity index (χ2n) is 23.5.